The summed E-state index contributed by atoms with van der Waals surface area (Å²) in [6.07, 6.45) is -10.0. The van der Waals surface area contributed by atoms with Crippen LogP contribution >= 0.6 is 0 Å². The summed E-state index contributed by atoms with van der Waals surface area (Å²) < 4.78 is 90.2. The second-order valence-corrected chi connectivity index (χ2v) is 4.68. The monoisotopic (exact) mass is 350 g/mol. The Morgan fingerprint density at radius 2 is 1.46 bits per heavy atom. The summed E-state index contributed by atoms with van der Waals surface area (Å²) >= 11 is 0. The predicted octanol–water partition coefficient (Wildman–Crippen LogP) is 3.97. The molecule has 24 heavy (non-hydrogen) atoms. The van der Waals surface area contributed by atoms with E-state index in [0.717, 1.165) is 24.3 Å². The van der Waals surface area contributed by atoms with Gasteiger partial charge in [-0.2, -0.15) is 35.8 Å². The fraction of sp³-hybridized carbons (Fsp3) is 0.154. The van der Waals surface area contributed by atoms with Crippen molar-refractivity contribution in [2.45, 2.75) is 12.4 Å². The lowest BCUT2D eigenvalue weighted by Gasteiger charge is -2.10. The Balaban J connectivity index is 2.28. The molecule has 126 valence electrons. The Morgan fingerprint density at radius 3 is 2.00 bits per heavy atom. The molecule has 0 N–H and O–H groups in total. The number of hydrogen-bond donors (Lipinski definition) is 0. The molecule has 0 bridgehead atoms. The van der Waals surface area contributed by atoms with Crippen LogP contribution in [0.2, 0.25) is 0 Å². The summed E-state index contributed by atoms with van der Waals surface area (Å²) in [5.74, 6) is -3.23. The molecule has 11 heteroatoms. The average Bonchev–Trinajstić information content (AvgIpc) is 2.89. The third-order valence-corrected chi connectivity index (χ3v) is 3.00. The van der Waals surface area contributed by atoms with E-state index in [1.165, 1.54) is 0 Å². The Kier molecular flexibility index (Phi) is 3.46. The minimum atomic E-state index is -5.02. The van der Waals surface area contributed by atoms with Crippen molar-refractivity contribution in [2.75, 3.05) is 0 Å². The number of rotatable bonds is 1. The highest BCUT2D eigenvalue weighted by Crippen LogP contribution is 2.33. The van der Waals surface area contributed by atoms with Crippen LogP contribution in [-0.2, 0) is 12.4 Å². The van der Waals surface area contributed by atoms with Crippen molar-refractivity contribution in [3.05, 3.63) is 47.7 Å². The lowest BCUT2D eigenvalue weighted by molar-refractivity contribution is -0.147. The van der Waals surface area contributed by atoms with E-state index in [0.29, 0.717) is 6.07 Å². The van der Waals surface area contributed by atoms with Crippen molar-refractivity contribution >= 4 is 5.78 Å². The maximum absolute atomic E-state index is 13.1. The summed E-state index contributed by atoms with van der Waals surface area (Å²) in [6, 6.07) is 4.79. The lowest BCUT2D eigenvalue weighted by Crippen LogP contribution is -2.14. The van der Waals surface area contributed by atoms with Crippen molar-refractivity contribution in [2.24, 2.45) is 0 Å². The van der Waals surface area contributed by atoms with Crippen molar-refractivity contribution in [1.82, 2.24) is 19.6 Å². The fourth-order valence-electron chi connectivity index (χ4n) is 1.96. The highest BCUT2D eigenvalue weighted by atomic mass is 19.4. The molecule has 4 nitrogen and oxygen atoms in total. The van der Waals surface area contributed by atoms with Gasteiger partial charge < -0.3 is 0 Å². The average molecular weight is 350 g/mol. The van der Waals surface area contributed by atoms with E-state index in [4.69, 9.17) is 0 Å². The van der Waals surface area contributed by atoms with E-state index in [9.17, 15) is 30.7 Å². The van der Waals surface area contributed by atoms with Gasteiger partial charge in [0.25, 0.3) is 11.6 Å². The molecular weight excluding hydrogens is 345 g/mol. The van der Waals surface area contributed by atoms with Gasteiger partial charge in [0.2, 0.25) is 0 Å². The molecule has 0 saturated heterocycles. The molecule has 0 unspecified atom stereocenters. The van der Waals surface area contributed by atoms with E-state index < -0.39 is 35.5 Å². The Labute approximate surface area is 128 Å². The lowest BCUT2D eigenvalue weighted by atomic mass is 10.1. The number of halogens is 7. The summed E-state index contributed by atoms with van der Waals surface area (Å²) in [5, 5.41) is 2.84. The van der Waals surface area contributed by atoms with Gasteiger partial charge in [0.15, 0.2) is 5.69 Å². The van der Waals surface area contributed by atoms with E-state index in [1.807, 2.05) is 0 Å². The normalized spacial score (nSPS) is 12.8. The van der Waals surface area contributed by atoms with E-state index in [1.54, 1.807) is 0 Å². The molecule has 1 aromatic carbocycles. The van der Waals surface area contributed by atoms with Gasteiger partial charge in [0, 0.05) is 5.56 Å². The van der Waals surface area contributed by atoms with Crippen LogP contribution in [0.4, 0.5) is 30.7 Å². The first-order chi connectivity index (χ1) is 11.1. The van der Waals surface area contributed by atoms with E-state index in [-0.39, 0.29) is 15.8 Å². The molecular formula is C13H5F7N4. The van der Waals surface area contributed by atoms with Gasteiger partial charge in [0.05, 0.1) is 5.69 Å². The number of nitrogens with zero attached hydrogens (tertiary/aromatic N) is 4. The smallest absolute Gasteiger partial charge is 0.211 e. The zero-order valence-corrected chi connectivity index (χ0v) is 11.3. The Bertz CT molecular complexity index is 894. The van der Waals surface area contributed by atoms with Crippen LogP contribution in [0, 0.1) is 5.82 Å². The first-order valence-electron chi connectivity index (χ1n) is 6.24. The molecule has 2 heterocycles. The highest BCUT2D eigenvalue weighted by Gasteiger charge is 2.40. The van der Waals surface area contributed by atoms with Gasteiger partial charge in [-0.15, -0.1) is 5.10 Å². The van der Waals surface area contributed by atoms with Crippen LogP contribution < -0.4 is 0 Å². The van der Waals surface area contributed by atoms with Crippen LogP contribution in [-0.4, -0.2) is 19.6 Å². The second-order valence-electron chi connectivity index (χ2n) is 4.68. The summed E-state index contributed by atoms with van der Waals surface area (Å²) in [7, 11) is 0. The summed E-state index contributed by atoms with van der Waals surface area (Å²) in [6.45, 7) is 0. The largest absolute Gasteiger partial charge is 0.453 e. The second kappa shape index (κ2) is 5.14. The van der Waals surface area contributed by atoms with Crippen LogP contribution in [0.3, 0.4) is 0 Å². The van der Waals surface area contributed by atoms with Gasteiger partial charge in [-0.1, -0.05) is 0 Å². The molecule has 0 fully saturated rings. The molecule has 0 spiro atoms. The molecule has 0 radical (unpaired) electrons. The number of fused-ring (bicyclic) bond motifs is 1. The van der Waals surface area contributed by atoms with Crippen molar-refractivity contribution in [3.8, 4) is 11.3 Å². The van der Waals surface area contributed by atoms with Crippen LogP contribution in [0.15, 0.2) is 30.3 Å². The Morgan fingerprint density at radius 1 is 0.833 bits per heavy atom. The zero-order valence-electron chi connectivity index (χ0n) is 11.3. The van der Waals surface area contributed by atoms with Crippen LogP contribution in [0.25, 0.3) is 17.0 Å². The van der Waals surface area contributed by atoms with Gasteiger partial charge >= 0.3 is 12.4 Å². The number of benzene rings is 1. The third kappa shape index (κ3) is 2.88. The van der Waals surface area contributed by atoms with Gasteiger partial charge in [0.1, 0.15) is 5.82 Å². The molecule has 0 atom stereocenters. The van der Waals surface area contributed by atoms with E-state index >= 15 is 0 Å². The molecule has 2 aromatic heterocycles. The number of alkyl halides is 6. The maximum Gasteiger partial charge on any atom is 0.453 e. The molecule has 0 aliphatic carbocycles. The zero-order chi connectivity index (χ0) is 17.7. The van der Waals surface area contributed by atoms with Gasteiger partial charge in [-0.05, 0) is 30.3 Å². The van der Waals surface area contributed by atoms with Crippen molar-refractivity contribution in [3.63, 3.8) is 0 Å². The maximum atomic E-state index is 13.1. The molecule has 0 saturated carbocycles. The fourth-order valence-corrected chi connectivity index (χ4v) is 1.96. The van der Waals surface area contributed by atoms with Crippen molar-refractivity contribution in [1.29, 1.82) is 0 Å². The van der Waals surface area contributed by atoms with E-state index in [2.05, 4.69) is 15.1 Å². The standard InChI is InChI=1S/C13H5F7N4/c14-7-3-1-6(2-4-7)8-5-9(12(15,16)17)24-11(21-8)22-10(23-24)13(18,19)20/h1-5H. The number of aromatic nitrogens is 4. The van der Waals surface area contributed by atoms with Gasteiger partial charge in [-0.25, -0.2) is 9.37 Å². The Hall–Kier alpha value is -2.72. The molecule has 3 aromatic rings. The SMILES string of the molecule is Fc1ccc(-c2cc(C(F)(F)F)n3nc(C(F)(F)F)nc3n2)cc1. The first kappa shape index (κ1) is 16.1. The summed E-state index contributed by atoms with van der Waals surface area (Å²) in [5.41, 5.74) is -1.70. The first-order valence-corrected chi connectivity index (χ1v) is 6.24. The minimum Gasteiger partial charge on any atom is -0.211 e. The van der Waals surface area contributed by atoms with Crippen LogP contribution in [0.1, 0.15) is 11.5 Å². The predicted molar refractivity (Wildman–Crippen MR) is 66.2 cm³/mol. The van der Waals surface area contributed by atoms with Crippen LogP contribution in [0.5, 0.6) is 0 Å². The van der Waals surface area contributed by atoms with Crippen molar-refractivity contribution < 1.29 is 30.7 Å². The molecule has 3 rings (SSSR count). The molecule has 0 aliphatic heterocycles. The summed E-state index contributed by atoms with van der Waals surface area (Å²) in [4.78, 5) is 6.65. The molecule has 0 amide bonds. The minimum absolute atomic E-state index is 0.0180. The third-order valence-electron chi connectivity index (χ3n) is 3.00. The highest BCUT2D eigenvalue weighted by molar-refractivity contribution is 5.61. The topological polar surface area (TPSA) is 43.1 Å². The van der Waals surface area contributed by atoms with Gasteiger partial charge in [-0.3, -0.25) is 0 Å². The quantitative estimate of drug-likeness (QED) is 0.624. The molecule has 0 aliphatic rings. The number of hydrogen-bond acceptors (Lipinski definition) is 3.